The lowest BCUT2D eigenvalue weighted by molar-refractivity contribution is -0.127. The third-order valence-corrected chi connectivity index (χ3v) is 7.56. The van der Waals surface area contributed by atoms with Crippen molar-refractivity contribution in [1.82, 2.24) is 20.0 Å². The van der Waals surface area contributed by atoms with Gasteiger partial charge in [0.25, 0.3) is 0 Å². The number of nitrogens with zero attached hydrogens (tertiary/aromatic N) is 3. The molecule has 2 amide bonds. The van der Waals surface area contributed by atoms with Crippen molar-refractivity contribution < 1.29 is 19.1 Å². The first-order valence-corrected chi connectivity index (χ1v) is 13.7. The van der Waals surface area contributed by atoms with Gasteiger partial charge in [-0.2, -0.15) is 5.10 Å². The molecule has 2 aromatic carbocycles. The minimum atomic E-state index is -0.322. The third-order valence-electron chi connectivity index (χ3n) is 6.99. The fourth-order valence-electron chi connectivity index (χ4n) is 5.02. The summed E-state index contributed by atoms with van der Waals surface area (Å²) < 4.78 is 13.1. The Morgan fingerprint density at radius 1 is 1.08 bits per heavy atom. The summed E-state index contributed by atoms with van der Waals surface area (Å²) in [7, 11) is 0. The number of likely N-dealkylation sites (tertiary alicyclic amines) is 1. The van der Waals surface area contributed by atoms with Crippen molar-refractivity contribution in [2.45, 2.75) is 38.6 Å². The van der Waals surface area contributed by atoms with E-state index in [0.29, 0.717) is 72.7 Å². The van der Waals surface area contributed by atoms with E-state index in [1.54, 1.807) is 16.5 Å². The van der Waals surface area contributed by atoms with Crippen molar-refractivity contribution in [2.24, 2.45) is 5.92 Å². The number of rotatable bonds is 5. The van der Waals surface area contributed by atoms with Crippen LogP contribution in [0.1, 0.15) is 44.3 Å². The van der Waals surface area contributed by atoms with Gasteiger partial charge in [0.15, 0.2) is 5.75 Å². The molecule has 3 heterocycles. The van der Waals surface area contributed by atoms with Gasteiger partial charge < -0.3 is 19.7 Å². The molecule has 0 aliphatic carbocycles. The molecule has 5 rings (SSSR count). The second kappa shape index (κ2) is 11.7. The van der Waals surface area contributed by atoms with E-state index in [2.05, 4.69) is 5.32 Å². The summed E-state index contributed by atoms with van der Waals surface area (Å²) in [5.74, 6) is 0.411. The highest BCUT2D eigenvalue weighted by molar-refractivity contribution is 6.32. The Bertz CT molecular complexity index is 1300. The number of nitrogens with one attached hydrogen (secondary N) is 1. The van der Waals surface area contributed by atoms with Gasteiger partial charge in [-0.05, 0) is 56.9 Å². The van der Waals surface area contributed by atoms with E-state index in [4.69, 9.17) is 37.8 Å². The molecule has 10 heteroatoms. The Balaban J connectivity index is 1.45. The van der Waals surface area contributed by atoms with Gasteiger partial charge in [-0.25, -0.2) is 9.48 Å². The number of benzene rings is 2. The molecule has 2 aliphatic heterocycles. The Kier molecular flexibility index (Phi) is 8.09. The number of para-hydroxylation sites is 1. The number of fused-ring (bicyclic) bond motifs is 1. The largest absolute Gasteiger partial charge is 0.489 e. The van der Waals surface area contributed by atoms with Crippen molar-refractivity contribution in [3.05, 3.63) is 64.3 Å². The van der Waals surface area contributed by atoms with Crippen LogP contribution in [0, 0.1) is 5.92 Å². The second-order valence-corrected chi connectivity index (χ2v) is 10.3. The number of ether oxygens (including phenoxy) is 2. The SMILES string of the molecule is CCOC(=O)N1CCC(C(=O)NC2CCCOc3c2nn(-c2ccccc2Cl)c3-c2ccc(Cl)cc2)CC1. The zero-order valence-corrected chi connectivity index (χ0v) is 22.7. The minimum absolute atomic E-state index is 0.0355. The topological polar surface area (TPSA) is 85.7 Å². The van der Waals surface area contributed by atoms with Gasteiger partial charge in [0.05, 0.1) is 30.0 Å². The van der Waals surface area contributed by atoms with Crippen molar-refractivity contribution in [3.63, 3.8) is 0 Å². The van der Waals surface area contributed by atoms with Gasteiger partial charge in [-0.3, -0.25) is 4.79 Å². The Morgan fingerprint density at radius 2 is 1.82 bits per heavy atom. The molecule has 0 radical (unpaired) electrons. The van der Waals surface area contributed by atoms with E-state index in [1.807, 2.05) is 48.5 Å². The first kappa shape index (κ1) is 26.4. The quantitative estimate of drug-likeness (QED) is 0.413. The fourth-order valence-corrected chi connectivity index (χ4v) is 5.36. The Morgan fingerprint density at radius 3 is 2.53 bits per heavy atom. The lowest BCUT2D eigenvalue weighted by Gasteiger charge is -2.31. The summed E-state index contributed by atoms with van der Waals surface area (Å²) in [6.07, 6.45) is 2.32. The molecule has 1 aromatic heterocycles. The third kappa shape index (κ3) is 5.47. The first-order valence-electron chi connectivity index (χ1n) is 12.9. The van der Waals surface area contributed by atoms with Crippen LogP contribution in [0.25, 0.3) is 16.9 Å². The molecule has 1 unspecified atom stereocenters. The van der Waals surface area contributed by atoms with Crippen LogP contribution in [0.15, 0.2) is 48.5 Å². The van der Waals surface area contributed by atoms with E-state index >= 15 is 0 Å². The minimum Gasteiger partial charge on any atom is -0.489 e. The molecule has 0 spiro atoms. The van der Waals surface area contributed by atoms with Gasteiger partial charge in [-0.15, -0.1) is 0 Å². The number of hydrogen-bond donors (Lipinski definition) is 1. The van der Waals surface area contributed by atoms with Crippen LogP contribution in [0.2, 0.25) is 10.0 Å². The van der Waals surface area contributed by atoms with Crippen LogP contribution in [0.4, 0.5) is 4.79 Å². The Labute approximate surface area is 231 Å². The number of piperidine rings is 1. The molecule has 0 bridgehead atoms. The van der Waals surface area contributed by atoms with Gasteiger partial charge in [0, 0.05) is 29.6 Å². The number of carbonyl (C=O) groups excluding carboxylic acids is 2. The summed E-state index contributed by atoms with van der Waals surface area (Å²) in [4.78, 5) is 27.1. The van der Waals surface area contributed by atoms with Crippen LogP contribution >= 0.6 is 23.2 Å². The average molecular weight is 557 g/mol. The normalized spacial score (nSPS) is 17.8. The number of carbonyl (C=O) groups is 2. The molecule has 8 nitrogen and oxygen atoms in total. The molecule has 0 saturated carbocycles. The highest BCUT2D eigenvalue weighted by atomic mass is 35.5. The highest BCUT2D eigenvalue weighted by Gasteiger charge is 2.34. The van der Waals surface area contributed by atoms with Gasteiger partial charge in [0.2, 0.25) is 5.91 Å². The standard InChI is InChI=1S/C28H30Cl2N4O4/c1-2-37-28(36)33-15-13-19(14-16-33)27(35)31-22-7-5-17-38-26-24(22)32-34(23-8-4-3-6-21(23)30)25(26)18-9-11-20(29)12-10-18/h3-4,6,8-12,19,22H,2,5,7,13-17H2,1H3,(H,31,35). The van der Waals surface area contributed by atoms with Gasteiger partial charge >= 0.3 is 6.09 Å². The molecule has 2 aliphatic rings. The molecular formula is C28H30Cl2N4O4. The summed E-state index contributed by atoms with van der Waals surface area (Å²) >= 11 is 12.8. The smallest absolute Gasteiger partial charge is 0.409 e. The van der Waals surface area contributed by atoms with Crippen LogP contribution in [0.5, 0.6) is 5.75 Å². The fraction of sp³-hybridized carbons (Fsp3) is 0.393. The van der Waals surface area contributed by atoms with Crippen LogP contribution in [0.3, 0.4) is 0 Å². The van der Waals surface area contributed by atoms with E-state index < -0.39 is 0 Å². The zero-order valence-electron chi connectivity index (χ0n) is 21.2. The van der Waals surface area contributed by atoms with E-state index in [1.165, 1.54) is 0 Å². The molecular weight excluding hydrogens is 527 g/mol. The predicted molar refractivity (Wildman–Crippen MR) is 146 cm³/mol. The zero-order chi connectivity index (χ0) is 26.6. The number of amides is 2. The van der Waals surface area contributed by atoms with E-state index in [-0.39, 0.29) is 24.0 Å². The van der Waals surface area contributed by atoms with Gasteiger partial charge in [0.1, 0.15) is 11.4 Å². The summed E-state index contributed by atoms with van der Waals surface area (Å²) in [5, 5.41) is 9.38. The van der Waals surface area contributed by atoms with Crippen molar-refractivity contribution in [2.75, 3.05) is 26.3 Å². The number of hydrogen-bond acceptors (Lipinski definition) is 5. The number of aromatic nitrogens is 2. The maximum atomic E-state index is 13.4. The van der Waals surface area contributed by atoms with Crippen LogP contribution < -0.4 is 10.1 Å². The molecule has 1 N–H and O–H groups in total. The lowest BCUT2D eigenvalue weighted by Crippen LogP contribution is -2.44. The molecule has 200 valence electrons. The van der Waals surface area contributed by atoms with Crippen molar-refractivity contribution >= 4 is 35.2 Å². The molecule has 38 heavy (non-hydrogen) atoms. The van der Waals surface area contributed by atoms with Crippen LogP contribution in [-0.4, -0.2) is 53.0 Å². The predicted octanol–water partition coefficient (Wildman–Crippen LogP) is 6.04. The van der Waals surface area contributed by atoms with E-state index in [9.17, 15) is 9.59 Å². The lowest BCUT2D eigenvalue weighted by atomic mass is 9.95. The van der Waals surface area contributed by atoms with E-state index in [0.717, 1.165) is 17.7 Å². The molecule has 1 atom stereocenters. The average Bonchev–Trinajstić information content (AvgIpc) is 3.19. The van der Waals surface area contributed by atoms with Crippen LogP contribution in [-0.2, 0) is 9.53 Å². The van der Waals surface area contributed by atoms with Crippen molar-refractivity contribution in [1.29, 1.82) is 0 Å². The summed E-state index contributed by atoms with van der Waals surface area (Å²) in [6, 6.07) is 14.7. The highest BCUT2D eigenvalue weighted by Crippen LogP contribution is 2.42. The summed E-state index contributed by atoms with van der Waals surface area (Å²) in [5.41, 5.74) is 3.02. The maximum absolute atomic E-state index is 13.4. The second-order valence-electron chi connectivity index (χ2n) is 9.45. The molecule has 1 fully saturated rings. The Hall–Kier alpha value is -3.23. The monoisotopic (exact) mass is 556 g/mol. The maximum Gasteiger partial charge on any atom is 0.409 e. The molecule has 3 aromatic rings. The molecule has 1 saturated heterocycles. The summed E-state index contributed by atoms with van der Waals surface area (Å²) in [6.45, 7) is 3.63. The van der Waals surface area contributed by atoms with Crippen molar-refractivity contribution in [3.8, 4) is 22.7 Å². The number of halogens is 2. The van der Waals surface area contributed by atoms with Gasteiger partial charge in [-0.1, -0.05) is 47.5 Å². The first-order chi connectivity index (χ1) is 18.5.